The molecule has 2 aromatic carbocycles. The minimum Gasteiger partial charge on any atom is -0.397 e. The third-order valence-corrected chi connectivity index (χ3v) is 4.72. The fourth-order valence-corrected chi connectivity index (χ4v) is 3.30. The Morgan fingerprint density at radius 2 is 1.80 bits per heavy atom. The van der Waals surface area contributed by atoms with E-state index in [2.05, 4.69) is 53.1 Å². The van der Waals surface area contributed by atoms with Crippen LogP contribution in [0.3, 0.4) is 0 Å². The van der Waals surface area contributed by atoms with Crippen LogP contribution in [0.1, 0.15) is 15.9 Å². The molecule has 0 aliphatic heterocycles. The summed E-state index contributed by atoms with van der Waals surface area (Å²) in [6, 6.07) is 9.01. The number of rotatable bonds is 2. The maximum atomic E-state index is 12.3. The third kappa shape index (κ3) is 3.42. The van der Waals surface area contributed by atoms with Gasteiger partial charge in [-0.3, -0.25) is 4.79 Å². The van der Waals surface area contributed by atoms with E-state index in [0.717, 1.165) is 19.0 Å². The summed E-state index contributed by atoms with van der Waals surface area (Å²) in [7, 11) is 0. The Morgan fingerprint density at radius 3 is 2.40 bits per heavy atom. The van der Waals surface area contributed by atoms with E-state index in [-0.39, 0.29) is 5.91 Å². The molecule has 104 valence electrons. The van der Waals surface area contributed by atoms with Crippen LogP contribution in [-0.2, 0) is 0 Å². The molecular formula is C14H11Br3N2O. The molecule has 3 nitrogen and oxygen atoms in total. The number of benzene rings is 2. The molecule has 0 fully saturated rings. The second-order valence-corrected chi connectivity index (χ2v) is 6.89. The van der Waals surface area contributed by atoms with E-state index in [1.165, 1.54) is 0 Å². The van der Waals surface area contributed by atoms with Crippen LogP contribution in [0.5, 0.6) is 0 Å². The van der Waals surface area contributed by atoms with E-state index >= 15 is 0 Å². The Bertz CT molecular complexity index is 663. The molecule has 2 rings (SSSR count). The van der Waals surface area contributed by atoms with Gasteiger partial charge < -0.3 is 11.1 Å². The van der Waals surface area contributed by atoms with Gasteiger partial charge in [-0.25, -0.2) is 0 Å². The quantitative estimate of drug-likeness (QED) is 0.609. The maximum Gasteiger partial charge on any atom is 0.255 e. The van der Waals surface area contributed by atoms with Gasteiger partial charge in [0.05, 0.1) is 11.4 Å². The summed E-state index contributed by atoms with van der Waals surface area (Å²) in [5.41, 5.74) is 8.57. The average molecular weight is 463 g/mol. The van der Waals surface area contributed by atoms with Crippen molar-refractivity contribution in [2.24, 2.45) is 0 Å². The van der Waals surface area contributed by atoms with Crippen molar-refractivity contribution in [1.29, 1.82) is 0 Å². The number of nitrogens with one attached hydrogen (secondary N) is 1. The highest BCUT2D eigenvalue weighted by molar-refractivity contribution is 9.11. The van der Waals surface area contributed by atoms with Crippen molar-refractivity contribution < 1.29 is 4.79 Å². The Kier molecular flexibility index (Phi) is 4.88. The Morgan fingerprint density at radius 1 is 1.10 bits per heavy atom. The third-order valence-electron chi connectivity index (χ3n) is 2.74. The van der Waals surface area contributed by atoms with Crippen LogP contribution in [0, 0.1) is 6.92 Å². The highest BCUT2D eigenvalue weighted by Gasteiger charge is 2.12. The monoisotopic (exact) mass is 460 g/mol. The van der Waals surface area contributed by atoms with Crippen molar-refractivity contribution in [3.05, 3.63) is 54.9 Å². The topological polar surface area (TPSA) is 55.1 Å². The van der Waals surface area contributed by atoms with Gasteiger partial charge in [0.15, 0.2) is 0 Å². The van der Waals surface area contributed by atoms with Gasteiger partial charge in [0.2, 0.25) is 0 Å². The summed E-state index contributed by atoms with van der Waals surface area (Å²) < 4.78 is 2.55. The molecule has 0 bridgehead atoms. The van der Waals surface area contributed by atoms with Gasteiger partial charge >= 0.3 is 0 Å². The number of amides is 1. The average Bonchev–Trinajstić information content (AvgIpc) is 2.36. The zero-order valence-electron chi connectivity index (χ0n) is 10.5. The van der Waals surface area contributed by atoms with E-state index in [1.54, 1.807) is 12.1 Å². The van der Waals surface area contributed by atoms with Gasteiger partial charge in [-0.1, -0.05) is 31.9 Å². The number of aryl methyl sites for hydroxylation is 1. The molecule has 0 atom stereocenters. The molecule has 0 spiro atoms. The number of hydrogen-bond acceptors (Lipinski definition) is 2. The zero-order chi connectivity index (χ0) is 14.9. The first-order chi connectivity index (χ1) is 9.38. The fourth-order valence-electron chi connectivity index (χ4n) is 1.70. The van der Waals surface area contributed by atoms with Crippen molar-refractivity contribution in [3.63, 3.8) is 0 Å². The Balaban J connectivity index is 2.30. The SMILES string of the molecule is Cc1cc(C(=O)Nc2c(N)cc(Br)cc2Br)ccc1Br. The first-order valence-corrected chi connectivity index (χ1v) is 8.08. The summed E-state index contributed by atoms with van der Waals surface area (Å²) in [5.74, 6) is -0.199. The summed E-state index contributed by atoms with van der Waals surface area (Å²) in [6.45, 7) is 1.94. The van der Waals surface area contributed by atoms with Gasteiger partial charge in [0.1, 0.15) is 0 Å². The van der Waals surface area contributed by atoms with Gasteiger partial charge in [-0.05, 0) is 58.7 Å². The van der Waals surface area contributed by atoms with Crippen LogP contribution in [0.4, 0.5) is 11.4 Å². The molecule has 0 aromatic heterocycles. The van der Waals surface area contributed by atoms with Crippen molar-refractivity contribution in [2.45, 2.75) is 6.92 Å². The summed E-state index contributed by atoms with van der Waals surface area (Å²) in [6.07, 6.45) is 0. The van der Waals surface area contributed by atoms with Crippen molar-refractivity contribution >= 4 is 65.1 Å². The predicted octanol–water partition coefficient (Wildman–Crippen LogP) is 5.12. The minimum absolute atomic E-state index is 0.199. The van der Waals surface area contributed by atoms with Crippen LogP contribution in [-0.4, -0.2) is 5.91 Å². The first-order valence-electron chi connectivity index (χ1n) is 5.70. The van der Waals surface area contributed by atoms with Gasteiger partial charge in [0, 0.05) is 19.0 Å². The lowest BCUT2D eigenvalue weighted by Crippen LogP contribution is -2.14. The molecule has 3 N–H and O–H groups in total. The highest BCUT2D eigenvalue weighted by Crippen LogP contribution is 2.33. The Hall–Kier alpha value is -0.850. The van der Waals surface area contributed by atoms with Gasteiger partial charge in [-0.2, -0.15) is 0 Å². The first kappa shape index (κ1) is 15.5. The summed E-state index contributed by atoms with van der Waals surface area (Å²) in [4.78, 5) is 12.3. The van der Waals surface area contributed by atoms with E-state index in [9.17, 15) is 4.79 Å². The minimum atomic E-state index is -0.199. The number of carbonyl (C=O) groups is 1. The van der Waals surface area contributed by atoms with Crippen LogP contribution in [0.2, 0.25) is 0 Å². The Labute approximate surface area is 142 Å². The number of anilines is 2. The van der Waals surface area contributed by atoms with Crippen LogP contribution in [0.15, 0.2) is 43.7 Å². The van der Waals surface area contributed by atoms with E-state index in [4.69, 9.17) is 5.73 Å². The standard InChI is InChI=1S/C14H11Br3N2O/c1-7-4-8(2-3-10(7)16)14(20)19-13-11(17)5-9(15)6-12(13)18/h2-6H,18H2,1H3,(H,19,20). The van der Waals surface area contributed by atoms with Crippen molar-refractivity contribution in [3.8, 4) is 0 Å². The van der Waals surface area contributed by atoms with Crippen LogP contribution in [0.25, 0.3) is 0 Å². The summed E-state index contributed by atoms with van der Waals surface area (Å²) in [5, 5.41) is 2.82. The van der Waals surface area contributed by atoms with Gasteiger partial charge in [-0.15, -0.1) is 0 Å². The van der Waals surface area contributed by atoms with Crippen molar-refractivity contribution in [1.82, 2.24) is 0 Å². The molecule has 0 unspecified atom stereocenters. The molecule has 2 aromatic rings. The molecule has 1 amide bonds. The predicted molar refractivity (Wildman–Crippen MR) is 93.1 cm³/mol. The second-order valence-electron chi connectivity index (χ2n) is 4.27. The fraction of sp³-hybridized carbons (Fsp3) is 0.0714. The summed E-state index contributed by atoms with van der Waals surface area (Å²) >= 11 is 10.2. The largest absolute Gasteiger partial charge is 0.397 e. The molecule has 0 saturated carbocycles. The second kappa shape index (κ2) is 6.28. The molecule has 20 heavy (non-hydrogen) atoms. The maximum absolute atomic E-state index is 12.3. The molecule has 0 saturated heterocycles. The lowest BCUT2D eigenvalue weighted by Gasteiger charge is -2.11. The number of nitrogens with two attached hydrogens (primary N) is 1. The molecule has 0 aliphatic carbocycles. The number of hydrogen-bond donors (Lipinski definition) is 2. The molecule has 0 aliphatic rings. The van der Waals surface area contributed by atoms with Crippen LogP contribution >= 0.6 is 47.8 Å². The number of halogens is 3. The number of carbonyl (C=O) groups excluding carboxylic acids is 1. The zero-order valence-corrected chi connectivity index (χ0v) is 15.3. The van der Waals surface area contributed by atoms with E-state index < -0.39 is 0 Å². The smallest absolute Gasteiger partial charge is 0.255 e. The molecular weight excluding hydrogens is 452 g/mol. The van der Waals surface area contributed by atoms with E-state index in [0.29, 0.717) is 16.9 Å². The molecule has 0 radical (unpaired) electrons. The molecule has 0 heterocycles. The van der Waals surface area contributed by atoms with Crippen molar-refractivity contribution in [2.75, 3.05) is 11.1 Å². The normalized spacial score (nSPS) is 10.4. The lowest BCUT2D eigenvalue weighted by atomic mass is 10.1. The highest BCUT2D eigenvalue weighted by atomic mass is 79.9. The van der Waals surface area contributed by atoms with E-state index in [1.807, 2.05) is 25.1 Å². The number of nitrogen functional groups attached to an aromatic ring is 1. The molecule has 6 heteroatoms. The van der Waals surface area contributed by atoms with Gasteiger partial charge in [0.25, 0.3) is 5.91 Å². The van der Waals surface area contributed by atoms with Crippen LogP contribution < -0.4 is 11.1 Å². The lowest BCUT2D eigenvalue weighted by molar-refractivity contribution is 0.102.